The van der Waals surface area contributed by atoms with E-state index in [0.29, 0.717) is 12.1 Å². The van der Waals surface area contributed by atoms with E-state index >= 15 is 0 Å². The van der Waals surface area contributed by atoms with E-state index in [1.54, 1.807) is 0 Å². The number of nitrogens with one attached hydrogen (secondary N) is 1. The third kappa shape index (κ3) is 2.49. The Morgan fingerprint density at radius 2 is 2.42 bits per heavy atom. The first-order valence-electron chi connectivity index (χ1n) is 7.14. The summed E-state index contributed by atoms with van der Waals surface area (Å²) in [5, 5.41) is 17.6. The van der Waals surface area contributed by atoms with Crippen LogP contribution in [0.3, 0.4) is 0 Å². The predicted molar refractivity (Wildman–Crippen MR) is 73.0 cm³/mol. The highest BCUT2D eigenvalue weighted by atomic mass is 16.5. The Balaban J connectivity index is 1.56. The average molecular weight is 265 g/mol. The third-order valence-electron chi connectivity index (χ3n) is 4.60. The summed E-state index contributed by atoms with van der Waals surface area (Å²) in [5.74, 6) is 0. The van der Waals surface area contributed by atoms with E-state index in [0.717, 1.165) is 38.1 Å². The van der Waals surface area contributed by atoms with Crippen molar-refractivity contribution in [1.82, 2.24) is 9.78 Å². The van der Waals surface area contributed by atoms with Gasteiger partial charge in [0.2, 0.25) is 0 Å². The first kappa shape index (κ1) is 12.9. The summed E-state index contributed by atoms with van der Waals surface area (Å²) in [6.45, 7) is 5.90. The fourth-order valence-corrected chi connectivity index (χ4v) is 2.88. The van der Waals surface area contributed by atoms with E-state index in [9.17, 15) is 5.11 Å². The molecule has 0 spiro atoms. The van der Waals surface area contributed by atoms with E-state index in [1.807, 2.05) is 17.1 Å². The quantitative estimate of drug-likeness (QED) is 0.869. The van der Waals surface area contributed by atoms with E-state index in [1.165, 1.54) is 0 Å². The van der Waals surface area contributed by atoms with Crippen LogP contribution in [0.4, 0.5) is 5.69 Å². The van der Waals surface area contributed by atoms with Gasteiger partial charge in [0.25, 0.3) is 0 Å². The molecule has 2 N–H and O–H groups in total. The lowest BCUT2D eigenvalue weighted by atomic mass is 9.64. The molecule has 2 fully saturated rings. The summed E-state index contributed by atoms with van der Waals surface area (Å²) in [6, 6.07) is 0.322. The van der Waals surface area contributed by atoms with E-state index in [-0.39, 0.29) is 11.5 Å². The maximum Gasteiger partial charge on any atom is 0.0771 e. The van der Waals surface area contributed by atoms with E-state index in [4.69, 9.17) is 4.74 Å². The zero-order valence-corrected chi connectivity index (χ0v) is 11.7. The summed E-state index contributed by atoms with van der Waals surface area (Å²) in [6.07, 6.45) is 7.10. The Hall–Kier alpha value is -1.07. The predicted octanol–water partition coefficient (Wildman–Crippen LogP) is 1.63. The smallest absolute Gasteiger partial charge is 0.0771 e. The number of hydrogen-bond acceptors (Lipinski definition) is 4. The fraction of sp³-hybridized carbons (Fsp3) is 0.786. The third-order valence-corrected chi connectivity index (χ3v) is 4.60. The molecule has 106 valence electrons. The molecule has 3 unspecified atom stereocenters. The molecule has 5 heteroatoms. The van der Waals surface area contributed by atoms with Crippen LogP contribution in [0.2, 0.25) is 0 Å². The normalized spacial score (nSPS) is 33.1. The lowest BCUT2D eigenvalue weighted by Gasteiger charge is -2.49. The van der Waals surface area contributed by atoms with Gasteiger partial charge in [-0.3, -0.25) is 4.68 Å². The number of nitrogens with zero attached hydrogens (tertiary/aromatic N) is 2. The molecule has 1 aliphatic carbocycles. The monoisotopic (exact) mass is 265 g/mol. The number of ether oxygens (including phenoxy) is 1. The summed E-state index contributed by atoms with van der Waals surface area (Å²) in [4.78, 5) is 0. The minimum atomic E-state index is -0.202. The number of hydrogen-bond donors (Lipinski definition) is 2. The van der Waals surface area contributed by atoms with Gasteiger partial charge in [-0.1, -0.05) is 13.8 Å². The van der Waals surface area contributed by atoms with Crippen LogP contribution in [-0.4, -0.2) is 39.7 Å². The second-order valence-electron chi connectivity index (χ2n) is 6.36. The van der Waals surface area contributed by atoms with Crippen LogP contribution in [-0.2, 0) is 11.3 Å². The molecule has 2 aliphatic rings. The molecule has 1 saturated heterocycles. The zero-order valence-electron chi connectivity index (χ0n) is 11.7. The summed E-state index contributed by atoms with van der Waals surface area (Å²) in [7, 11) is 0. The zero-order chi connectivity index (χ0) is 13.5. The molecule has 0 radical (unpaired) electrons. The molecule has 1 aromatic rings. The highest BCUT2D eigenvalue weighted by molar-refractivity contribution is 5.41. The molecular formula is C14H23N3O2. The number of aliphatic hydroxyl groups is 1. The van der Waals surface area contributed by atoms with Crippen molar-refractivity contribution in [2.24, 2.45) is 5.41 Å². The number of aliphatic hydroxyl groups excluding tert-OH is 1. The first-order valence-corrected chi connectivity index (χ1v) is 7.14. The van der Waals surface area contributed by atoms with Crippen molar-refractivity contribution in [2.45, 2.75) is 57.9 Å². The van der Waals surface area contributed by atoms with Gasteiger partial charge >= 0.3 is 0 Å². The van der Waals surface area contributed by atoms with Gasteiger partial charge in [-0.15, -0.1) is 0 Å². The summed E-state index contributed by atoms with van der Waals surface area (Å²) >= 11 is 0. The van der Waals surface area contributed by atoms with Crippen molar-refractivity contribution in [3.63, 3.8) is 0 Å². The molecule has 0 aromatic carbocycles. The van der Waals surface area contributed by atoms with Crippen LogP contribution in [0.5, 0.6) is 0 Å². The molecule has 5 nitrogen and oxygen atoms in total. The Morgan fingerprint density at radius 1 is 1.58 bits per heavy atom. The molecule has 1 saturated carbocycles. The minimum absolute atomic E-state index is 0.0589. The van der Waals surface area contributed by atoms with Crippen LogP contribution in [0.25, 0.3) is 0 Å². The molecule has 1 aromatic heterocycles. The van der Waals surface area contributed by atoms with Crippen molar-refractivity contribution in [3.8, 4) is 0 Å². The Morgan fingerprint density at radius 3 is 3.05 bits per heavy atom. The molecule has 2 heterocycles. The van der Waals surface area contributed by atoms with Gasteiger partial charge in [-0.05, 0) is 19.3 Å². The summed E-state index contributed by atoms with van der Waals surface area (Å²) < 4.78 is 7.56. The van der Waals surface area contributed by atoms with Crippen LogP contribution in [0.15, 0.2) is 12.4 Å². The maximum absolute atomic E-state index is 9.74. The van der Waals surface area contributed by atoms with Crippen LogP contribution in [0.1, 0.15) is 33.1 Å². The standard InChI is InChI=1S/C14H23N3O2/c1-14(2)12(6-13(14)18)16-10-7-15-17(8-10)9-11-4-3-5-19-11/h7-8,11-13,16,18H,3-6,9H2,1-2H3. The molecule has 3 atom stereocenters. The number of anilines is 1. The second kappa shape index (κ2) is 4.80. The van der Waals surface area contributed by atoms with Crippen LogP contribution < -0.4 is 5.32 Å². The van der Waals surface area contributed by atoms with Crippen LogP contribution >= 0.6 is 0 Å². The van der Waals surface area contributed by atoms with Gasteiger partial charge in [-0.25, -0.2) is 0 Å². The van der Waals surface area contributed by atoms with Gasteiger partial charge < -0.3 is 15.2 Å². The minimum Gasteiger partial charge on any atom is -0.392 e. The van der Waals surface area contributed by atoms with Gasteiger partial charge in [0.05, 0.1) is 30.6 Å². The molecular weight excluding hydrogens is 242 g/mol. The van der Waals surface area contributed by atoms with Crippen molar-refractivity contribution in [2.75, 3.05) is 11.9 Å². The Labute approximate surface area is 113 Å². The largest absolute Gasteiger partial charge is 0.392 e. The summed E-state index contributed by atoms with van der Waals surface area (Å²) in [5.41, 5.74) is 0.972. The van der Waals surface area contributed by atoms with Gasteiger partial charge in [0.15, 0.2) is 0 Å². The van der Waals surface area contributed by atoms with Crippen LogP contribution in [0, 0.1) is 5.41 Å². The number of rotatable bonds is 4. The van der Waals surface area contributed by atoms with Crippen molar-refractivity contribution >= 4 is 5.69 Å². The average Bonchev–Trinajstić information content (AvgIpc) is 3.01. The highest BCUT2D eigenvalue weighted by Crippen LogP contribution is 2.42. The number of aromatic nitrogens is 2. The Bertz CT molecular complexity index is 438. The Kier molecular flexibility index (Phi) is 3.27. The molecule has 1 aliphatic heterocycles. The molecule has 19 heavy (non-hydrogen) atoms. The first-order chi connectivity index (χ1) is 9.05. The highest BCUT2D eigenvalue weighted by Gasteiger charge is 2.47. The molecule has 3 rings (SSSR count). The van der Waals surface area contributed by atoms with E-state index in [2.05, 4.69) is 24.3 Å². The van der Waals surface area contributed by atoms with Gasteiger partial charge in [-0.2, -0.15) is 5.10 Å². The molecule has 0 amide bonds. The van der Waals surface area contributed by atoms with Crippen molar-refractivity contribution < 1.29 is 9.84 Å². The van der Waals surface area contributed by atoms with Crippen molar-refractivity contribution in [1.29, 1.82) is 0 Å². The van der Waals surface area contributed by atoms with Gasteiger partial charge in [0, 0.05) is 24.3 Å². The maximum atomic E-state index is 9.74. The topological polar surface area (TPSA) is 59.3 Å². The lowest BCUT2D eigenvalue weighted by Crippen LogP contribution is -2.56. The second-order valence-corrected chi connectivity index (χ2v) is 6.36. The molecule has 0 bridgehead atoms. The fourth-order valence-electron chi connectivity index (χ4n) is 2.88. The van der Waals surface area contributed by atoms with Gasteiger partial charge in [0.1, 0.15) is 0 Å². The van der Waals surface area contributed by atoms with E-state index < -0.39 is 0 Å². The lowest BCUT2D eigenvalue weighted by molar-refractivity contribution is -0.0510. The SMILES string of the molecule is CC1(C)C(O)CC1Nc1cnn(CC2CCCO2)c1. The van der Waals surface area contributed by atoms with Crippen molar-refractivity contribution in [3.05, 3.63) is 12.4 Å².